The van der Waals surface area contributed by atoms with Crippen LogP contribution in [0.15, 0.2) is 6.20 Å². The minimum atomic E-state index is -3.04. The average molecular weight is 231 g/mol. The molecule has 0 bridgehead atoms. The Bertz CT molecular complexity index is 470. The first-order valence-electron chi connectivity index (χ1n) is 3.95. The molecule has 0 aliphatic heterocycles. The van der Waals surface area contributed by atoms with Gasteiger partial charge in [0.2, 0.25) is 5.82 Å². The molecule has 0 aliphatic rings. The fraction of sp³-hybridized carbons (Fsp3) is 0.250. The van der Waals surface area contributed by atoms with Gasteiger partial charge in [0.05, 0.1) is 18.1 Å². The third-order valence-electron chi connectivity index (χ3n) is 1.80. The zero-order valence-electron chi connectivity index (χ0n) is 7.65. The van der Waals surface area contributed by atoms with E-state index in [2.05, 4.69) is 4.98 Å². The smallest absolute Gasteiger partial charge is 0.358 e. The SMILES string of the molecule is N#CCc1c(C(F)F)cnc([N+](=O)[O-])c1F. The molecule has 0 radical (unpaired) electrons. The van der Waals surface area contributed by atoms with Crippen molar-refractivity contribution in [1.29, 1.82) is 5.26 Å². The summed E-state index contributed by atoms with van der Waals surface area (Å²) in [6, 6.07) is 1.46. The lowest BCUT2D eigenvalue weighted by Gasteiger charge is -2.04. The Balaban J connectivity index is 3.42. The van der Waals surface area contributed by atoms with E-state index < -0.39 is 40.5 Å². The summed E-state index contributed by atoms with van der Waals surface area (Å²) in [4.78, 5) is 12.1. The first-order chi connectivity index (χ1) is 7.49. The highest BCUT2D eigenvalue weighted by molar-refractivity contribution is 5.37. The third kappa shape index (κ3) is 2.08. The predicted octanol–water partition coefficient (Wildman–Crippen LogP) is 2.13. The zero-order chi connectivity index (χ0) is 12.3. The van der Waals surface area contributed by atoms with Crippen LogP contribution in [0.25, 0.3) is 0 Å². The molecule has 16 heavy (non-hydrogen) atoms. The Hall–Kier alpha value is -2.17. The third-order valence-corrected chi connectivity index (χ3v) is 1.80. The van der Waals surface area contributed by atoms with Crippen LogP contribution >= 0.6 is 0 Å². The molecule has 1 heterocycles. The van der Waals surface area contributed by atoms with Crippen molar-refractivity contribution < 1.29 is 18.1 Å². The largest absolute Gasteiger partial charge is 0.400 e. The number of pyridine rings is 1. The number of hydrogen-bond donors (Lipinski definition) is 0. The molecule has 0 N–H and O–H groups in total. The van der Waals surface area contributed by atoms with Gasteiger partial charge >= 0.3 is 5.82 Å². The van der Waals surface area contributed by atoms with Crippen molar-refractivity contribution in [2.24, 2.45) is 0 Å². The molecule has 8 heteroatoms. The number of halogens is 3. The molecule has 1 rings (SSSR count). The number of aromatic nitrogens is 1. The van der Waals surface area contributed by atoms with Crippen LogP contribution < -0.4 is 0 Å². The van der Waals surface area contributed by atoms with Crippen LogP contribution in [0, 0.1) is 27.3 Å². The molecular weight excluding hydrogens is 227 g/mol. The Kier molecular flexibility index (Phi) is 3.40. The first kappa shape index (κ1) is 11.9. The van der Waals surface area contributed by atoms with Gasteiger partial charge < -0.3 is 10.1 Å². The Labute approximate surface area is 87.3 Å². The van der Waals surface area contributed by atoms with Crippen LogP contribution in [0.1, 0.15) is 17.6 Å². The van der Waals surface area contributed by atoms with Crippen molar-refractivity contribution >= 4 is 5.82 Å². The average Bonchev–Trinajstić information content (AvgIpc) is 2.20. The summed E-state index contributed by atoms with van der Waals surface area (Å²) >= 11 is 0. The highest BCUT2D eigenvalue weighted by Crippen LogP contribution is 2.28. The van der Waals surface area contributed by atoms with E-state index in [-0.39, 0.29) is 0 Å². The van der Waals surface area contributed by atoms with Crippen molar-refractivity contribution in [3.8, 4) is 6.07 Å². The summed E-state index contributed by atoms with van der Waals surface area (Å²) in [5.41, 5.74) is -1.48. The fourth-order valence-electron chi connectivity index (χ4n) is 1.10. The van der Waals surface area contributed by atoms with Gasteiger partial charge in [0, 0.05) is 5.56 Å². The normalized spacial score (nSPS) is 10.2. The summed E-state index contributed by atoms with van der Waals surface area (Å²) in [5, 5.41) is 18.6. The van der Waals surface area contributed by atoms with Gasteiger partial charge in [0.1, 0.15) is 6.20 Å². The Morgan fingerprint density at radius 3 is 2.69 bits per heavy atom. The van der Waals surface area contributed by atoms with Gasteiger partial charge in [-0.2, -0.15) is 9.65 Å². The molecule has 1 aromatic rings. The maximum Gasteiger partial charge on any atom is 0.400 e. The van der Waals surface area contributed by atoms with E-state index in [1.54, 1.807) is 0 Å². The van der Waals surface area contributed by atoms with E-state index in [1.807, 2.05) is 0 Å². The monoisotopic (exact) mass is 231 g/mol. The van der Waals surface area contributed by atoms with Gasteiger partial charge in [0.25, 0.3) is 6.43 Å². The van der Waals surface area contributed by atoms with Crippen molar-refractivity contribution in [3.05, 3.63) is 33.3 Å². The van der Waals surface area contributed by atoms with Crippen LogP contribution in [-0.4, -0.2) is 9.91 Å². The number of nitro groups is 1. The summed E-state index contributed by atoms with van der Waals surface area (Å²) in [5.74, 6) is -2.64. The Morgan fingerprint density at radius 1 is 1.62 bits per heavy atom. The molecule has 5 nitrogen and oxygen atoms in total. The predicted molar refractivity (Wildman–Crippen MR) is 45.1 cm³/mol. The molecule has 0 saturated heterocycles. The van der Waals surface area contributed by atoms with Crippen LogP contribution in [0.5, 0.6) is 0 Å². The molecule has 0 spiro atoms. The molecule has 0 amide bonds. The number of alkyl halides is 2. The second-order valence-electron chi connectivity index (χ2n) is 2.72. The van der Waals surface area contributed by atoms with Gasteiger partial charge in [-0.05, 0) is 9.91 Å². The number of rotatable bonds is 3. The summed E-state index contributed by atoms with van der Waals surface area (Å²) in [7, 11) is 0. The van der Waals surface area contributed by atoms with E-state index >= 15 is 0 Å². The standard InChI is InChI=1S/C8H4F3N3O2/c9-6-4(1-2-12)5(7(10)11)3-13-8(6)14(15)16/h3,7H,1H2. The first-order valence-corrected chi connectivity index (χ1v) is 3.95. The molecule has 1 aromatic heterocycles. The zero-order valence-corrected chi connectivity index (χ0v) is 7.65. The van der Waals surface area contributed by atoms with E-state index in [1.165, 1.54) is 6.07 Å². The molecule has 0 aromatic carbocycles. The number of hydrogen-bond acceptors (Lipinski definition) is 4. The van der Waals surface area contributed by atoms with Crippen LogP contribution in [-0.2, 0) is 6.42 Å². The Morgan fingerprint density at radius 2 is 2.25 bits per heavy atom. The van der Waals surface area contributed by atoms with E-state index in [0.717, 1.165) is 0 Å². The molecule has 0 saturated carbocycles. The minimum Gasteiger partial charge on any atom is -0.358 e. The van der Waals surface area contributed by atoms with Crippen molar-refractivity contribution in [1.82, 2.24) is 4.98 Å². The van der Waals surface area contributed by atoms with Crippen molar-refractivity contribution in [2.45, 2.75) is 12.8 Å². The van der Waals surface area contributed by atoms with E-state index in [0.29, 0.717) is 6.20 Å². The topological polar surface area (TPSA) is 79.8 Å². The lowest BCUT2D eigenvalue weighted by molar-refractivity contribution is -0.392. The summed E-state index contributed by atoms with van der Waals surface area (Å²) in [6.45, 7) is 0. The summed E-state index contributed by atoms with van der Waals surface area (Å²) < 4.78 is 38.1. The lowest BCUT2D eigenvalue weighted by atomic mass is 10.1. The summed E-state index contributed by atoms with van der Waals surface area (Å²) in [6.07, 6.45) is -3.20. The van der Waals surface area contributed by atoms with Crippen LogP contribution in [0.2, 0.25) is 0 Å². The molecular formula is C8H4F3N3O2. The van der Waals surface area contributed by atoms with Gasteiger partial charge in [-0.1, -0.05) is 0 Å². The lowest BCUT2D eigenvalue weighted by Crippen LogP contribution is -2.05. The molecule has 0 atom stereocenters. The molecule has 0 fully saturated rings. The number of nitrogens with zero attached hydrogens (tertiary/aromatic N) is 3. The van der Waals surface area contributed by atoms with Crippen molar-refractivity contribution in [3.63, 3.8) is 0 Å². The van der Waals surface area contributed by atoms with Crippen LogP contribution in [0.3, 0.4) is 0 Å². The molecule has 0 aliphatic carbocycles. The highest BCUT2D eigenvalue weighted by atomic mass is 19.3. The van der Waals surface area contributed by atoms with Crippen molar-refractivity contribution in [2.75, 3.05) is 0 Å². The minimum absolute atomic E-state index is 0.512. The quantitative estimate of drug-likeness (QED) is 0.589. The van der Waals surface area contributed by atoms with Gasteiger partial charge in [-0.15, -0.1) is 0 Å². The van der Waals surface area contributed by atoms with E-state index in [9.17, 15) is 23.3 Å². The maximum absolute atomic E-state index is 13.3. The number of nitriles is 1. The van der Waals surface area contributed by atoms with Gasteiger partial charge in [0.15, 0.2) is 0 Å². The van der Waals surface area contributed by atoms with Gasteiger partial charge in [-0.3, -0.25) is 0 Å². The van der Waals surface area contributed by atoms with Crippen LogP contribution in [0.4, 0.5) is 19.0 Å². The van der Waals surface area contributed by atoms with Gasteiger partial charge in [-0.25, -0.2) is 8.78 Å². The maximum atomic E-state index is 13.3. The van der Waals surface area contributed by atoms with E-state index in [4.69, 9.17) is 5.26 Å². The fourth-order valence-corrected chi connectivity index (χ4v) is 1.10. The second kappa shape index (κ2) is 4.57. The molecule has 0 unspecified atom stereocenters. The molecule has 84 valence electrons. The highest BCUT2D eigenvalue weighted by Gasteiger charge is 2.26. The second-order valence-corrected chi connectivity index (χ2v) is 2.72.